The number of anilines is 1. The van der Waals surface area contributed by atoms with E-state index in [-0.39, 0.29) is 23.9 Å². The van der Waals surface area contributed by atoms with Gasteiger partial charge in [0.25, 0.3) is 0 Å². The lowest BCUT2D eigenvalue weighted by atomic mass is 10.1. The van der Waals surface area contributed by atoms with E-state index in [0.29, 0.717) is 44.5 Å². The van der Waals surface area contributed by atoms with Crippen molar-refractivity contribution in [3.8, 4) is 5.75 Å². The van der Waals surface area contributed by atoms with Gasteiger partial charge in [-0.25, -0.2) is 4.79 Å². The summed E-state index contributed by atoms with van der Waals surface area (Å²) in [6, 6.07) is 6.96. The maximum atomic E-state index is 12.6. The normalized spacial score (nSPS) is 26.0. The van der Waals surface area contributed by atoms with Crippen LogP contribution in [0, 0.1) is 0 Å². The average molecular weight is 396 g/mol. The SMILES string of the molecule is O=C(NC1CCN(c2ccccc2OC(F)F)C1)N1CC(N2CC[C@@H](O)C2)C1. The van der Waals surface area contributed by atoms with Gasteiger partial charge in [-0.05, 0) is 25.0 Å². The summed E-state index contributed by atoms with van der Waals surface area (Å²) >= 11 is 0. The number of aliphatic hydroxyl groups excluding tert-OH is 1. The summed E-state index contributed by atoms with van der Waals surface area (Å²) in [4.78, 5) is 18.5. The Morgan fingerprint density at radius 1 is 1.14 bits per heavy atom. The van der Waals surface area contributed by atoms with Crippen molar-refractivity contribution >= 4 is 11.7 Å². The summed E-state index contributed by atoms with van der Waals surface area (Å²) in [6.45, 7) is 1.31. The van der Waals surface area contributed by atoms with E-state index in [2.05, 4.69) is 15.0 Å². The lowest BCUT2D eigenvalue weighted by molar-refractivity contribution is -0.0495. The van der Waals surface area contributed by atoms with Gasteiger partial charge in [-0.3, -0.25) is 4.90 Å². The van der Waals surface area contributed by atoms with Crippen LogP contribution in [0.2, 0.25) is 0 Å². The van der Waals surface area contributed by atoms with Crippen LogP contribution in [0.4, 0.5) is 19.3 Å². The molecule has 3 heterocycles. The predicted octanol–water partition coefficient (Wildman–Crippen LogP) is 1.33. The van der Waals surface area contributed by atoms with Gasteiger partial charge >= 0.3 is 12.6 Å². The number of urea groups is 1. The predicted molar refractivity (Wildman–Crippen MR) is 99.8 cm³/mol. The van der Waals surface area contributed by atoms with Crippen LogP contribution in [0.15, 0.2) is 24.3 Å². The van der Waals surface area contributed by atoms with Gasteiger partial charge in [-0.2, -0.15) is 8.78 Å². The molecule has 0 saturated carbocycles. The zero-order valence-electron chi connectivity index (χ0n) is 15.6. The third-order valence-corrected chi connectivity index (χ3v) is 5.80. The highest BCUT2D eigenvalue weighted by Crippen LogP contribution is 2.32. The van der Waals surface area contributed by atoms with E-state index in [1.807, 2.05) is 4.90 Å². The monoisotopic (exact) mass is 396 g/mol. The van der Waals surface area contributed by atoms with Crippen molar-refractivity contribution in [3.05, 3.63) is 24.3 Å². The van der Waals surface area contributed by atoms with Crippen LogP contribution in [0.25, 0.3) is 0 Å². The van der Waals surface area contributed by atoms with Gasteiger partial charge in [-0.15, -0.1) is 0 Å². The topological polar surface area (TPSA) is 68.3 Å². The van der Waals surface area contributed by atoms with Crippen molar-refractivity contribution in [2.24, 2.45) is 0 Å². The zero-order valence-corrected chi connectivity index (χ0v) is 15.6. The fourth-order valence-corrected chi connectivity index (χ4v) is 4.23. The molecular formula is C19H26F2N4O3. The molecule has 0 spiro atoms. The molecule has 3 aliphatic rings. The van der Waals surface area contributed by atoms with E-state index < -0.39 is 6.61 Å². The molecule has 3 fully saturated rings. The van der Waals surface area contributed by atoms with E-state index in [1.54, 1.807) is 23.1 Å². The first kappa shape index (κ1) is 19.2. The van der Waals surface area contributed by atoms with E-state index in [0.717, 1.165) is 19.4 Å². The largest absolute Gasteiger partial charge is 0.433 e. The molecule has 7 nitrogen and oxygen atoms in total. The van der Waals surface area contributed by atoms with Crippen LogP contribution in [-0.2, 0) is 0 Å². The molecule has 154 valence electrons. The Bertz CT molecular complexity index is 702. The third kappa shape index (κ3) is 4.15. The molecule has 1 aromatic rings. The molecule has 2 amide bonds. The number of para-hydroxylation sites is 2. The summed E-state index contributed by atoms with van der Waals surface area (Å²) in [5.74, 6) is 0.155. The van der Waals surface area contributed by atoms with E-state index >= 15 is 0 Å². The highest BCUT2D eigenvalue weighted by molar-refractivity contribution is 5.76. The number of β-amino-alcohol motifs (C(OH)–C–C–N with tert-alkyl or cyclic N) is 1. The number of nitrogens with zero attached hydrogens (tertiary/aromatic N) is 3. The number of hydrogen-bond acceptors (Lipinski definition) is 5. The third-order valence-electron chi connectivity index (χ3n) is 5.80. The number of halogens is 2. The number of aliphatic hydroxyl groups is 1. The molecule has 0 aliphatic carbocycles. The van der Waals surface area contributed by atoms with Gasteiger partial charge < -0.3 is 25.0 Å². The molecular weight excluding hydrogens is 370 g/mol. The van der Waals surface area contributed by atoms with Crippen LogP contribution in [0.3, 0.4) is 0 Å². The first-order valence-corrected chi connectivity index (χ1v) is 9.76. The molecule has 4 rings (SSSR count). The Kier molecular flexibility index (Phi) is 5.54. The number of ether oxygens (including phenoxy) is 1. The Morgan fingerprint density at radius 3 is 2.64 bits per heavy atom. The van der Waals surface area contributed by atoms with Crippen molar-refractivity contribution < 1.29 is 23.4 Å². The van der Waals surface area contributed by atoms with Gasteiger partial charge in [0.05, 0.1) is 11.8 Å². The molecule has 1 unspecified atom stereocenters. The molecule has 0 radical (unpaired) electrons. The average Bonchev–Trinajstić information content (AvgIpc) is 3.23. The first-order chi connectivity index (χ1) is 13.5. The number of alkyl halides is 2. The number of amides is 2. The lowest BCUT2D eigenvalue weighted by Crippen LogP contribution is -2.63. The standard InChI is InChI=1S/C19H26F2N4O3/c20-18(21)28-17-4-2-1-3-16(17)24-7-5-13(9-24)22-19(27)25-10-14(11-25)23-8-6-15(26)12-23/h1-4,13-15,18,26H,5-12H2,(H,22,27)/t13?,15-/m1/s1. The zero-order chi connectivity index (χ0) is 19.7. The van der Waals surface area contributed by atoms with Crippen LogP contribution in [-0.4, -0.2) is 85.0 Å². The summed E-state index contributed by atoms with van der Waals surface area (Å²) < 4.78 is 29.8. The smallest absolute Gasteiger partial charge is 0.387 e. The lowest BCUT2D eigenvalue weighted by Gasteiger charge is -2.44. The van der Waals surface area contributed by atoms with Crippen molar-refractivity contribution in [1.29, 1.82) is 0 Å². The second-order valence-electron chi connectivity index (χ2n) is 7.72. The molecule has 0 aromatic heterocycles. The molecule has 28 heavy (non-hydrogen) atoms. The Hall–Kier alpha value is -2.13. The number of benzene rings is 1. The number of nitrogens with one attached hydrogen (secondary N) is 1. The molecule has 2 N–H and O–H groups in total. The second-order valence-corrected chi connectivity index (χ2v) is 7.72. The van der Waals surface area contributed by atoms with Crippen molar-refractivity contribution in [2.75, 3.05) is 44.2 Å². The number of carbonyl (C=O) groups is 1. The summed E-state index contributed by atoms with van der Waals surface area (Å²) in [7, 11) is 0. The van der Waals surface area contributed by atoms with E-state index in [9.17, 15) is 18.7 Å². The summed E-state index contributed by atoms with van der Waals surface area (Å²) in [5.41, 5.74) is 0.621. The second kappa shape index (κ2) is 8.08. The van der Waals surface area contributed by atoms with Crippen molar-refractivity contribution in [2.45, 2.75) is 37.6 Å². The highest BCUT2D eigenvalue weighted by Gasteiger charge is 2.38. The Balaban J connectivity index is 1.26. The molecule has 1 aromatic carbocycles. The van der Waals surface area contributed by atoms with Crippen LogP contribution in [0.5, 0.6) is 5.75 Å². The number of carbonyl (C=O) groups excluding carboxylic acids is 1. The number of rotatable bonds is 5. The van der Waals surface area contributed by atoms with Gasteiger partial charge in [0.2, 0.25) is 0 Å². The number of hydrogen-bond donors (Lipinski definition) is 2. The van der Waals surface area contributed by atoms with Crippen LogP contribution in [0.1, 0.15) is 12.8 Å². The fraction of sp³-hybridized carbons (Fsp3) is 0.632. The molecule has 3 aliphatic heterocycles. The Labute approximate surface area is 162 Å². The summed E-state index contributed by atoms with van der Waals surface area (Å²) in [6.07, 6.45) is 1.31. The first-order valence-electron chi connectivity index (χ1n) is 9.76. The molecule has 2 atom stereocenters. The number of likely N-dealkylation sites (tertiary alicyclic amines) is 2. The van der Waals surface area contributed by atoms with Gasteiger partial charge in [0, 0.05) is 51.4 Å². The van der Waals surface area contributed by atoms with Crippen LogP contribution >= 0.6 is 0 Å². The van der Waals surface area contributed by atoms with Crippen molar-refractivity contribution in [1.82, 2.24) is 15.1 Å². The van der Waals surface area contributed by atoms with Gasteiger partial charge in [0.1, 0.15) is 5.75 Å². The van der Waals surface area contributed by atoms with E-state index in [1.165, 1.54) is 6.07 Å². The molecule has 9 heteroatoms. The Morgan fingerprint density at radius 2 is 1.93 bits per heavy atom. The van der Waals surface area contributed by atoms with Gasteiger partial charge in [0.15, 0.2) is 0 Å². The minimum absolute atomic E-state index is 0.0280. The van der Waals surface area contributed by atoms with E-state index in [4.69, 9.17) is 0 Å². The maximum absolute atomic E-state index is 12.6. The minimum atomic E-state index is -2.87. The maximum Gasteiger partial charge on any atom is 0.387 e. The fourth-order valence-electron chi connectivity index (χ4n) is 4.23. The quantitative estimate of drug-likeness (QED) is 0.786. The van der Waals surface area contributed by atoms with Gasteiger partial charge in [-0.1, -0.05) is 12.1 Å². The summed E-state index contributed by atoms with van der Waals surface area (Å²) in [5, 5.41) is 12.7. The highest BCUT2D eigenvalue weighted by atomic mass is 19.3. The van der Waals surface area contributed by atoms with Crippen LogP contribution < -0.4 is 15.0 Å². The minimum Gasteiger partial charge on any atom is -0.433 e. The molecule has 0 bridgehead atoms. The molecule has 3 saturated heterocycles. The van der Waals surface area contributed by atoms with Crippen molar-refractivity contribution in [3.63, 3.8) is 0 Å².